The zero-order valence-corrected chi connectivity index (χ0v) is 20.8. The van der Waals surface area contributed by atoms with Crippen LogP contribution in [0.1, 0.15) is 22.7 Å². The smallest absolute Gasteiger partial charge is 0.326 e. The minimum Gasteiger partial charge on any atom is -0.497 e. The number of fused-ring (bicyclic) bond motifs is 1. The van der Waals surface area contributed by atoms with Gasteiger partial charge in [0.05, 0.1) is 30.0 Å². The van der Waals surface area contributed by atoms with E-state index in [1.165, 1.54) is 0 Å². The van der Waals surface area contributed by atoms with Gasteiger partial charge in [-0.05, 0) is 61.0 Å². The lowest BCUT2D eigenvalue weighted by Gasteiger charge is -2.27. The van der Waals surface area contributed by atoms with Gasteiger partial charge in [-0.3, -0.25) is 5.32 Å². The number of urea groups is 1. The molecular weight excluding hydrogens is 490 g/mol. The maximum Gasteiger partial charge on any atom is 0.326 e. The summed E-state index contributed by atoms with van der Waals surface area (Å²) in [5, 5.41) is 21.0. The molecule has 2 N–H and O–H groups in total. The summed E-state index contributed by atoms with van der Waals surface area (Å²) in [4.78, 5) is 12.9. The van der Waals surface area contributed by atoms with E-state index in [1.54, 1.807) is 36.1 Å². The first-order chi connectivity index (χ1) is 18.0. The number of amides is 2. The third kappa shape index (κ3) is 4.73. The van der Waals surface area contributed by atoms with E-state index in [1.807, 2.05) is 61.5 Å². The molecule has 2 amide bonds. The quantitative estimate of drug-likeness (QED) is 0.346. The van der Waals surface area contributed by atoms with E-state index >= 15 is 0 Å². The number of nitrogens with zero attached hydrogens (tertiary/aromatic N) is 3. The van der Waals surface area contributed by atoms with Gasteiger partial charge in [0.2, 0.25) is 11.8 Å². The second-order valence-electron chi connectivity index (χ2n) is 8.30. The molecule has 0 spiro atoms. The Morgan fingerprint density at radius 3 is 2.41 bits per heavy atom. The van der Waals surface area contributed by atoms with Crippen LogP contribution < -0.4 is 20.1 Å². The van der Waals surface area contributed by atoms with Gasteiger partial charge < -0.3 is 14.8 Å². The number of ether oxygens (including phenoxy) is 2. The van der Waals surface area contributed by atoms with E-state index in [9.17, 15) is 10.1 Å². The highest BCUT2D eigenvalue weighted by atomic mass is 35.5. The van der Waals surface area contributed by atoms with Crippen molar-refractivity contribution in [3.8, 4) is 23.4 Å². The Morgan fingerprint density at radius 1 is 1.05 bits per heavy atom. The molecule has 9 heteroatoms. The second-order valence-corrected chi connectivity index (χ2v) is 8.74. The number of hydrogen-bond donors (Lipinski definition) is 2. The Morgan fingerprint density at radius 2 is 1.76 bits per heavy atom. The van der Waals surface area contributed by atoms with Gasteiger partial charge in [-0.1, -0.05) is 41.9 Å². The predicted octanol–water partition coefficient (Wildman–Crippen LogP) is 5.92. The lowest BCUT2D eigenvalue weighted by Crippen LogP contribution is -2.34. The number of carbonyl (C=O) groups excluding carboxylic acids is 1. The Balaban J connectivity index is 1.59. The number of hydrogen-bond acceptors (Lipinski definition) is 5. The monoisotopic (exact) mass is 511 g/mol. The Kier molecular flexibility index (Phi) is 6.54. The number of benzene rings is 3. The summed E-state index contributed by atoms with van der Waals surface area (Å²) in [6.45, 7) is 1.87. The number of halogens is 1. The highest BCUT2D eigenvalue weighted by molar-refractivity contribution is 6.30. The van der Waals surface area contributed by atoms with Crippen LogP contribution in [0.3, 0.4) is 0 Å². The number of methoxy groups -OCH3 is 1. The maximum absolute atomic E-state index is 12.9. The van der Waals surface area contributed by atoms with Gasteiger partial charge in [-0.25, -0.2) is 9.48 Å². The zero-order chi connectivity index (χ0) is 25.9. The molecule has 0 bridgehead atoms. The fourth-order valence-electron chi connectivity index (χ4n) is 4.26. The normalized spacial score (nSPS) is 14.3. The van der Waals surface area contributed by atoms with E-state index < -0.39 is 11.9 Å². The fraction of sp³-hybridized carbons (Fsp3) is 0.107. The molecule has 8 nitrogen and oxygen atoms in total. The van der Waals surface area contributed by atoms with Gasteiger partial charge in [0, 0.05) is 10.7 Å². The summed E-state index contributed by atoms with van der Waals surface area (Å²) >= 11 is 5.94. The molecular formula is C28H22ClN5O3. The highest BCUT2D eigenvalue weighted by Gasteiger charge is 2.37. The molecule has 1 aliphatic heterocycles. The number of anilines is 1. The summed E-state index contributed by atoms with van der Waals surface area (Å²) in [5.74, 6) is 0.614. The van der Waals surface area contributed by atoms with Crippen molar-refractivity contribution in [3.63, 3.8) is 0 Å². The van der Waals surface area contributed by atoms with Crippen LogP contribution >= 0.6 is 11.6 Å². The molecule has 0 aliphatic carbocycles. The van der Waals surface area contributed by atoms with Crippen LogP contribution in [0, 0.1) is 18.3 Å². The molecule has 0 saturated heterocycles. The van der Waals surface area contributed by atoms with E-state index in [0.29, 0.717) is 28.0 Å². The minimum absolute atomic E-state index is 0.0272. The third-order valence-electron chi connectivity index (χ3n) is 5.98. The van der Waals surface area contributed by atoms with E-state index in [0.717, 1.165) is 16.8 Å². The van der Waals surface area contributed by atoms with E-state index in [-0.39, 0.29) is 11.5 Å². The second kappa shape index (κ2) is 10.1. The molecule has 1 aliphatic rings. The van der Waals surface area contributed by atoms with Gasteiger partial charge in [0.15, 0.2) is 0 Å². The topological polar surface area (TPSA) is 101 Å². The highest BCUT2D eigenvalue weighted by Crippen LogP contribution is 2.45. The van der Waals surface area contributed by atoms with Crippen LogP contribution in [0.5, 0.6) is 11.6 Å². The Bertz CT molecular complexity index is 1520. The summed E-state index contributed by atoms with van der Waals surface area (Å²) in [5.41, 5.74) is 3.85. The standard InChI is InChI=1S/C28H22ClN5O3/c1-17-24-25(18-8-14-22(36-2)15-9-18)23(16-30)26(32-28(35)31-20-12-10-19(29)11-13-20)37-27(24)34(33-17)21-6-4-3-5-7-21/h3-15,25H,1-2H3,(H2,31,32,35). The van der Waals surface area contributed by atoms with Gasteiger partial charge in [-0.15, -0.1) is 0 Å². The lowest BCUT2D eigenvalue weighted by molar-refractivity contribution is 0.246. The lowest BCUT2D eigenvalue weighted by atomic mass is 9.84. The van der Waals surface area contributed by atoms with Crippen molar-refractivity contribution in [3.05, 3.63) is 112 Å². The van der Waals surface area contributed by atoms with Gasteiger partial charge in [0.1, 0.15) is 17.4 Å². The average Bonchev–Trinajstić information content (AvgIpc) is 3.25. The van der Waals surface area contributed by atoms with Crippen LogP contribution in [0.25, 0.3) is 5.69 Å². The van der Waals surface area contributed by atoms with Crippen molar-refractivity contribution in [2.24, 2.45) is 0 Å². The largest absolute Gasteiger partial charge is 0.497 e. The van der Waals surface area contributed by atoms with E-state index in [2.05, 4.69) is 16.7 Å². The molecule has 0 saturated carbocycles. The van der Waals surface area contributed by atoms with Crippen molar-refractivity contribution in [2.75, 3.05) is 12.4 Å². The molecule has 3 aromatic carbocycles. The molecule has 37 heavy (non-hydrogen) atoms. The van der Waals surface area contributed by atoms with Crippen LogP contribution in [-0.4, -0.2) is 22.9 Å². The predicted molar refractivity (Wildman–Crippen MR) is 140 cm³/mol. The zero-order valence-electron chi connectivity index (χ0n) is 20.0. The van der Waals surface area contributed by atoms with Crippen molar-refractivity contribution < 1.29 is 14.3 Å². The number of nitrogens with one attached hydrogen (secondary N) is 2. The minimum atomic E-state index is -0.565. The van der Waals surface area contributed by atoms with Crippen molar-refractivity contribution in [1.82, 2.24) is 15.1 Å². The Hall–Kier alpha value is -4.74. The number of allylic oxidation sites excluding steroid dienone is 1. The molecule has 4 aromatic rings. The number of rotatable bonds is 5. The number of carbonyl (C=O) groups is 1. The molecule has 1 atom stereocenters. The van der Waals surface area contributed by atoms with E-state index in [4.69, 9.17) is 26.2 Å². The summed E-state index contributed by atoms with van der Waals surface area (Å²) in [7, 11) is 1.59. The number of aryl methyl sites for hydroxylation is 1. The molecule has 5 rings (SSSR count). The SMILES string of the molecule is COc1ccc(C2C(C#N)=C(NC(=O)Nc3ccc(Cl)cc3)Oc3c2c(C)nn3-c2ccccc2)cc1. The first-order valence-electron chi connectivity index (χ1n) is 11.4. The maximum atomic E-state index is 12.9. The number of para-hydroxylation sites is 1. The number of aromatic nitrogens is 2. The molecule has 0 radical (unpaired) electrons. The summed E-state index contributed by atoms with van der Waals surface area (Å²) < 4.78 is 13.2. The summed E-state index contributed by atoms with van der Waals surface area (Å²) in [6, 6.07) is 25.3. The molecule has 1 unspecified atom stereocenters. The summed E-state index contributed by atoms with van der Waals surface area (Å²) in [6.07, 6.45) is 0. The van der Waals surface area contributed by atoms with Crippen LogP contribution in [0.2, 0.25) is 5.02 Å². The Labute approximate surface area is 218 Å². The molecule has 2 heterocycles. The first kappa shape index (κ1) is 24.0. The molecule has 184 valence electrons. The van der Waals surface area contributed by atoms with Crippen molar-refractivity contribution >= 4 is 23.3 Å². The molecule has 0 fully saturated rings. The fourth-order valence-corrected chi connectivity index (χ4v) is 4.38. The third-order valence-corrected chi connectivity index (χ3v) is 6.23. The average molecular weight is 512 g/mol. The molecule has 1 aromatic heterocycles. The number of nitriles is 1. The van der Waals surface area contributed by atoms with Crippen LogP contribution in [-0.2, 0) is 0 Å². The van der Waals surface area contributed by atoms with Gasteiger partial charge in [-0.2, -0.15) is 10.4 Å². The van der Waals surface area contributed by atoms with Crippen molar-refractivity contribution in [1.29, 1.82) is 5.26 Å². The van der Waals surface area contributed by atoms with Gasteiger partial charge in [0.25, 0.3) is 0 Å². The van der Waals surface area contributed by atoms with Gasteiger partial charge >= 0.3 is 6.03 Å². The first-order valence-corrected chi connectivity index (χ1v) is 11.8. The van der Waals surface area contributed by atoms with Crippen molar-refractivity contribution in [2.45, 2.75) is 12.8 Å². The van der Waals surface area contributed by atoms with Crippen LogP contribution in [0.4, 0.5) is 10.5 Å². The van der Waals surface area contributed by atoms with Crippen LogP contribution in [0.15, 0.2) is 90.3 Å².